The van der Waals surface area contributed by atoms with Gasteiger partial charge in [-0.15, -0.1) is 0 Å². The van der Waals surface area contributed by atoms with Gasteiger partial charge in [0.15, 0.2) is 0 Å². The van der Waals surface area contributed by atoms with Gasteiger partial charge < -0.3 is 24.5 Å². The Bertz CT molecular complexity index is 1560. The number of carbonyl (C=O) groups is 4. The van der Waals surface area contributed by atoms with E-state index in [1.54, 1.807) is 47.0 Å². The lowest BCUT2D eigenvalue weighted by atomic mass is 9.97. The molecule has 0 unspecified atom stereocenters. The van der Waals surface area contributed by atoms with Gasteiger partial charge in [-0.1, -0.05) is 40.2 Å². The Kier molecular flexibility index (Phi) is 10.4. The molecule has 3 heterocycles. The number of hydrogen-bond donors (Lipinski definition) is 1. The SMILES string of the molecule is CN1CCc2ccc(Br)cc2C1=O.CN1CCc2ccc(CO)cc2C1=O.COC(=O)c1ccc2c(c1)C(=O)N(C)CC2. The Labute approximate surface area is 260 Å². The normalized spacial score (nSPS) is 15.3. The molecule has 0 atom stereocenters. The number of ether oxygens (including phenoxy) is 1. The first-order chi connectivity index (χ1) is 20.5. The van der Waals surface area contributed by atoms with E-state index in [1.807, 2.05) is 43.4 Å². The van der Waals surface area contributed by atoms with Crippen LogP contribution in [0.4, 0.5) is 0 Å². The van der Waals surface area contributed by atoms with Crippen molar-refractivity contribution in [2.45, 2.75) is 25.9 Å². The molecule has 0 aliphatic carbocycles. The molecule has 0 radical (unpaired) electrons. The highest BCUT2D eigenvalue weighted by Gasteiger charge is 2.24. The van der Waals surface area contributed by atoms with E-state index in [0.717, 1.165) is 76.8 Å². The smallest absolute Gasteiger partial charge is 0.337 e. The number of methoxy groups -OCH3 is 1. The second-order valence-electron chi connectivity index (χ2n) is 10.7. The van der Waals surface area contributed by atoms with E-state index in [-0.39, 0.29) is 24.3 Å². The molecule has 3 aromatic carbocycles. The summed E-state index contributed by atoms with van der Waals surface area (Å²) in [6.07, 6.45) is 2.70. The molecule has 3 amide bonds. The molecule has 0 bridgehead atoms. The van der Waals surface area contributed by atoms with E-state index in [4.69, 9.17) is 5.11 Å². The van der Waals surface area contributed by atoms with Crippen molar-refractivity contribution in [1.82, 2.24) is 14.7 Å². The molecule has 0 saturated carbocycles. The topological polar surface area (TPSA) is 107 Å². The van der Waals surface area contributed by atoms with Crippen LogP contribution in [0.5, 0.6) is 0 Å². The summed E-state index contributed by atoms with van der Waals surface area (Å²) in [5.74, 6) is -0.264. The van der Waals surface area contributed by atoms with Crippen LogP contribution in [-0.4, -0.2) is 91.4 Å². The van der Waals surface area contributed by atoms with E-state index in [1.165, 1.54) is 7.11 Å². The summed E-state index contributed by atoms with van der Waals surface area (Å²) in [7, 11) is 6.73. The van der Waals surface area contributed by atoms with Crippen LogP contribution in [0.25, 0.3) is 0 Å². The van der Waals surface area contributed by atoms with Gasteiger partial charge in [0.1, 0.15) is 0 Å². The van der Waals surface area contributed by atoms with Gasteiger partial charge in [0.2, 0.25) is 0 Å². The first-order valence-electron chi connectivity index (χ1n) is 14.0. The monoisotopic (exact) mass is 649 g/mol. The molecule has 3 aliphatic rings. The fraction of sp³-hybridized carbons (Fsp3) is 0.333. The zero-order valence-corrected chi connectivity index (χ0v) is 26.4. The molecule has 10 heteroatoms. The van der Waals surface area contributed by atoms with Crippen molar-refractivity contribution in [3.63, 3.8) is 0 Å². The number of likely N-dealkylation sites (N-methyl/N-ethyl adjacent to an activating group) is 3. The second kappa shape index (κ2) is 14.0. The van der Waals surface area contributed by atoms with Crippen LogP contribution >= 0.6 is 15.9 Å². The predicted molar refractivity (Wildman–Crippen MR) is 166 cm³/mol. The van der Waals surface area contributed by atoms with E-state index in [0.29, 0.717) is 11.1 Å². The predicted octanol–water partition coefficient (Wildman–Crippen LogP) is 3.99. The standard InChI is InChI=1S/C12H13NO3.C11H13NO2.C10H10BrNO/c1-13-6-5-8-3-4-9(12(15)16-2)7-10(8)11(13)14;1-12-5-4-9-3-2-8(7-13)6-10(9)11(12)14;1-12-5-4-7-2-3-8(11)6-9(7)10(12)13/h3-4,7H,5-6H2,1-2H3;2-3,6,13H,4-5,7H2,1H3;2-3,6H,4-5H2,1H3. The van der Waals surface area contributed by atoms with Crippen LogP contribution < -0.4 is 0 Å². The number of benzene rings is 3. The molecule has 43 heavy (non-hydrogen) atoms. The van der Waals surface area contributed by atoms with Crippen LogP contribution in [0.3, 0.4) is 0 Å². The number of halogens is 1. The summed E-state index contributed by atoms with van der Waals surface area (Å²) < 4.78 is 5.59. The summed E-state index contributed by atoms with van der Waals surface area (Å²) >= 11 is 3.37. The second-order valence-corrected chi connectivity index (χ2v) is 11.7. The zero-order chi connectivity index (χ0) is 31.3. The lowest BCUT2D eigenvalue weighted by molar-refractivity contribution is 0.0600. The number of aliphatic hydroxyl groups is 1. The molecule has 0 aromatic heterocycles. The maximum atomic E-state index is 11.9. The van der Waals surface area contributed by atoms with E-state index in [2.05, 4.69) is 20.7 Å². The molecule has 3 aliphatic heterocycles. The average molecular weight is 651 g/mol. The van der Waals surface area contributed by atoms with Crippen molar-refractivity contribution in [2.75, 3.05) is 47.9 Å². The molecule has 3 aromatic rings. The summed E-state index contributed by atoms with van der Waals surface area (Å²) in [5.41, 5.74) is 6.65. The molecular formula is C33H36BrN3O6. The lowest BCUT2D eigenvalue weighted by Gasteiger charge is -2.24. The van der Waals surface area contributed by atoms with Crippen molar-refractivity contribution >= 4 is 39.6 Å². The summed E-state index contributed by atoms with van der Waals surface area (Å²) in [5, 5.41) is 8.97. The number of fused-ring (bicyclic) bond motifs is 3. The zero-order valence-electron chi connectivity index (χ0n) is 24.9. The highest BCUT2D eigenvalue weighted by molar-refractivity contribution is 9.10. The van der Waals surface area contributed by atoms with Gasteiger partial charge in [-0.3, -0.25) is 14.4 Å². The minimum atomic E-state index is -0.413. The van der Waals surface area contributed by atoms with E-state index >= 15 is 0 Å². The third kappa shape index (κ3) is 7.32. The van der Waals surface area contributed by atoms with Gasteiger partial charge in [0.25, 0.3) is 17.7 Å². The van der Waals surface area contributed by atoms with Crippen molar-refractivity contribution < 1.29 is 29.0 Å². The molecule has 0 spiro atoms. The van der Waals surface area contributed by atoms with Crippen LogP contribution in [0.1, 0.15) is 63.7 Å². The van der Waals surface area contributed by atoms with Gasteiger partial charge in [-0.25, -0.2) is 4.79 Å². The molecule has 9 nitrogen and oxygen atoms in total. The number of rotatable bonds is 2. The maximum Gasteiger partial charge on any atom is 0.337 e. The first-order valence-corrected chi connectivity index (χ1v) is 14.8. The van der Waals surface area contributed by atoms with Gasteiger partial charge in [0.05, 0.1) is 19.3 Å². The number of esters is 1. The maximum absolute atomic E-state index is 11.9. The van der Waals surface area contributed by atoms with E-state index < -0.39 is 5.97 Å². The van der Waals surface area contributed by atoms with Crippen molar-refractivity contribution in [1.29, 1.82) is 0 Å². The molecule has 1 N–H and O–H groups in total. The highest BCUT2D eigenvalue weighted by atomic mass is 79.9. The third-order valence-electron chi connectivity index (χ3n) is 7.84. The fourth-order valence-electron chi connectivity index (χ4n) is 5.13. The Morgan fingerprint density at radius 2 is 1.16 bits per heavy atom. The Morgan fingerprint density at radius 1 is 0.721 bits per heavy atom. The summed E-state index contributed by atoms with van der Waals surface area (Å²) in [4.78, 5) is 51.7. The van der Waals surface area contributed by atoms with Crippen molar-refractivity contribution in [2.24, 2.45) is 0 Å². The number of nitrogens with zero attached hydrogens (tertiary/aromatic N) is 3. The number of carbonyl (C=O) groups excluding carboxylic acids is 4. The molecule has 0 fully saturated rings. The molecular weight excluding hydrogens is 614 g/mol. The van der Waals surface area contributed by atoms with Gasteiger partial charge in [-0.2, -0.15) is 0 Å². The van der Waals surface area contributed by atoms with Gasteiger partial charge in [-0.05, 0) is 71.8 Å². The molecule has 226 valence electrons. The average Bonchev–Trinajstić information content (AvgIpc) is 3.03. The Hall–Kier alpha value is -4.02. The quantitative estimate of drug-likeness (QED) is 0.421. The fourth-order valence-corrected chi connectivity index (χ4v) is 5.49. The van der Waals surface area contributed by atoms with Crippen molar-refractivity contribution in [3.05, 3.63) is 104 Å². The molecule has 0 saturated heterocycles. The van der Waals surface area contributed by atoms with Gasteiger partial charge >= 0.3 is 5.97 Å². The van der Waals surface area contributed by atoms with Crippen LogP contribution in [0, 0.1) is 0 Å². The number of amides is 3. The highest BCUT2D eigenvalue weighted by Crippen LogP contribution is 2.23. The van der Waals surface area contributed by atoms with E-state index in [9.17, 15) is 19.2 Å². The minimum Gasteiger partial charge on any atom is -0.465 e. The Balaban J connectivity index is 0.000000148. The summed E-state index contributed by atoms with van der Waals surface area (Å²) in [6, 6.07) is 16.6. The minimum absolute atomic E-state index is 0.00965. The van der Waals surface area contributed by atoms with Crippen LogP contribution in [0.15, 0.2) is 59.1 Å². The van der Waals surface area contributed by atoms with Crippen LogP contribution in [0.2, 0.25) is 0 Å². The first kappa shape index (κ1) is 31.9. The molecule has 6 rings (SSSR count). The Morgan fingerprint density at radius 3 is 1.65 bits per heavy atom. The summed E-state index contributed by atoms with van der Waals surface area (Å²) in [6.45, 7) is 2.32. The number of hydrogen-bond acceptors (Lipinski definition) is 6. The lowest BCUT2D eigenvalue weighted by Crippen LogP contribution is -2.34. The third-order valence-corrected chi connectivity index (χ3v) is 8.33. The van der Waals surface area contributed by atoms with Gasteiger partial charge in [0, 0.05) is 61.9 Å². The van der Waals surface area contributed by atoms with Crippen molar-refractivity contribution in [3.8, 4) is 0 Å². The number of aliphatic hydroxyl groups excluding tert-OH is 1. The van der Waals surface area contributed by atoms with Crippen LogP contribution in [-0.2, 0) is 30.6 Å². The largest absolute Gasteiger partial charge is 0.465 e.